The van der Waals surface area contributed by atoms with Gasteiger partial charge in [0.25, 0.3) is 10.0 Å². The van der Waals surface area contributed by atoms with E-state index in [9.17, 15) is 8.42 Å². The average Bonchev–Trinajstić information content (AvgIpc) is 3.09. The van der Waals surface area contributed by atoms with Crippen LogP contribution in [0.4, 0.5) is 0 Å². The Morgan fingerprint density at radius 1 is 1.40 bits per heavy atom. The molecule has 6 heteroatoms. The van der Waals surface area contributed by atoms with E-state index in [-0.39, 0.29) is 11.1 Å². The van der Waals surface area contributed by atoms with Crippen molar-refractivity contribution in [1.82, 2.24) is 9.62 Å². The molecule has 0 atom stereocenters. The van der Waals surface area contributed by atoms with E-state index < -0.39 is 10.0 Å². The largest absolute Gasteiger partial charge is 0.447 e. The Kier molecular flexibility index (Phi) is 4.88. The molecule has 1 fully saturated rings. The molecule has 1 aliphatic carbocycles. The van der Waals surface area contributed by atoms with E-state index in [0.29, 0.717) is 24.9 Å². The highest BCUT2D eigenvalue weighted by Gasteiger charge is 2.29. The number of furan rings is 1. The summed E-state index contributed by atoms with van der Waals surface area (Å²) in [6, 6.07) is 3.81. The van der Waals surface area contributed by atoms with Crippen LogP contribution in [0.2, 0.25) is 0 Å². The molecule has 0 spiro atoms. The van der Waals surface area contributed by atoms with E-state index in [0.717, 1.165) is 6.42 Å². The van der Waals surface area contributed by atoms with Gasteiger partial charge < -0.3 is 9.73 Å². The maximum Gasteiger partial charge on any atom is 0.276 e. The van der Waals surface area contributed by atoms with Crippen molar-refractivity contribution in [3.8, 4) is 0 Å². The summed E-state index contributed by atoms with van der Waals surface area (Å²) in [5.41, 5.74) is 0. The quantitative estimate of drug-likeness (QED) is 0.800. The Hall–Kier alpha value is -0.850. The minimum Gasteiger partial charge on any atom is -0.447 e. The smallest absolute Gasteiger partial charge is 0.276 e. The van der Waals surface area contributed by atoms with Crippen LogP contribution in [-0.2, 0) is 16.6 Å². The van der Waals surface area contributed by atoms with Gasteiger partial charge in [-0.25, -0.2) is 8.42 Å². The van der Waals surface area contributed by atoms with Crippen molar-refractivity contribution in [2.45, 2.75) is 63.8 Å². The zero-order chi connectivity index (χ0) is 14.8. The second-order valence-electron chi connectivity index (χ2n) is 5.59. The van der Waals surface area contributed by atoms with E-state index in [1.165, 1.54) is 17.1 Å². The van der Waals surface area contributed by atoms with E-state index in [2.05, 4.69) is 5.32 Å². The lowest BCUT2D eigenvalue weighted by Crippen LogP contribution is -2.37. The van der Waals surface area contributed by atoms with Gasteiger partial charge in [-0.2, -0.15) is 4.31 Å². The lowest BCUT2D eigenvalue weighted by Gasteiger charge is -2.23. The van der Waals surface area contributed by atoms with E-state index in [4.69, 9.17) is 4.42 Å². The predicted molar refractivity (Wildman–Crippen MR) is 77.9 cm³/mol. The van der Waals surface area contributed by atoms with Crippen LogP contribution in [-0.4, -0.2) is 31.4 Å². The van der Waals surface area contributed by atoms with Crippen LogP contribution in [0.1, 0.15) is 45.8 Å². The van der Waals surface area contributed by atoms with Gasteiger partial charge in [0, 0.05) is 18.6 Å². The number of nitrogens with one attached hydrogen (secondary N) is 1. The SMILES string of the molecule is CCCN(C(C)C)S(=O)(=O)c1ccc(CNC2CC2)o1. The van der Waals surface area contributed by atoms with Crippen LogP contribution < -0.4 is 5.32 Å². The van der Waals surface area contributed by atoms with Crippen molar-refractivity contribution in [2.75, 3.05) is 6.54 Å². The number of nitrogens with zero attached hydrogens (tertiary/aromatic N) is 1. The van der Waals surface area contributed by atoms with Crippen LogP contribution in [0.15, 0.2) is 21.6 Å². The maximum atomic E-state index is 12.5. The zero-order valence-electron chi connectivity index (χ0n) is 12.4. The minimum atomic E-state index is -3.53. The first kappa shape index (κ1) is 15.5. The Morgan fingerprint density at radius 3 is 2.65 bits per heavy atom. The normalized spacial score (nSPS) is 16.2. The third-order valence-corrected chi connectivity index (χ3v) is 5.31. The molecule has 1 heterocycles. The Morgan fingerprint density at radius 2 is 2.10 bits per heavy atom. The Labute approximate surface area is 121 Å². The molecule has 0 bridgehead atoms. The molecule has 1 aliphatic rings. The monoisotopic (exact) mass is 300 g/mol. The van der Waals surface area contributed by atoms with E-state index in [1.807, 2.05) is 20.8 Å². The van der Waals surface area contributed by atoms with Gasteiger partial charge in [-0.3, -0.25) is 0 Å². The molecule has 1 aromatic rings. The fourth-order valence-electron chi connectivity index (χ4n) is 2.12. The highest BCUT2D eigenvalue weighted by Crippen LogP contribution is 2.23. The lowest BCUT2D eigenvalue weighted by atomic mass is 10.4. The minimum absolute atomic E-state index is 0.0484. The highest BCUT2D eigenvalue weighted by molar-refractivity contribution is 7.89. The van der Waals surface area contributed by atoms with Crippen molar-refractivity contribution in [3.63, 3.8) is 0 Å². The molecule has 0 aliphatic heterocycles. The summed E-state index contributed by atoms with van der Waals surface area (Å²) in [6.07, 6.45) is 3.18. The van der Waals surface area contributed by atoms with Crippen LogP contribution >= 0.6 is 0 Å². The molecule has 1 N–H and O–H groups in total. The summed E-state index contributed by atoms with van der Waals surface area (Å²) in [5, 5.41) is 3.36. The fraction of sp³-hybridized carbons (Fsp3) is 0.714. The van der Waals surface area contributed by atoms with Crippen molar-refractivity contribution >= 4 is 10.0 Å². The van der Waals surface area contributed by atoms with Gasteiger partial charge in [0.1, 0.15) is 5.76 Å². The molecule has 0 unspecified atom stereocenters. The summed E-state index contributed by atoms with van der Waals surface area (Å²) in [4.78, 5) is 0. The van der Waals surface area contributed by atoms with Gasteiger partial charge in [0.05, 0.1) is 6.54 Å². The van der Waals surface area contributed by atoms with Crippen molar-refractivity contribution in [1.29, 1.82) is 0 Å². The first-order chi connectivity index (χ1) is 9.45. The number of sulfonamides is 1. The van der Waals surface area contributed by atoms with E-state index >= 15 is 0 Å². The van der Waals surface area contributed by atoms with Gasteiger partial charge in [-0.05, 0) is 45.2 Å². The first-order valence-electron chi connectivity index (χ1n) is 7.29. The Bertz CT molecular complexity index is 532. The second-order valence-corrected chi connectivity index (χ2v) is 7.41. The summed E-state index contributed by atoms with van der Waals surface area (Å²) in [6.45, 7) is 6.83. The molecular weight excluding hydrogens is 276 g/mol. The van der Waals surface area contributed by atoms with Crippen LogP contribution in [0.5, 0.6) is 0 Å². The van der Waals surface area contributed by atoms with Gasteiger partial charge in [0.15, 0.2) is 0 Å². The molecule has 0 radical (unpaired) electrons. The van der Waals surface area contributed by atoms with Gasteiger partial charge >= 0.3 is 0 Å². The van der Waals surface area contributed by atoms with Crippen LogP contribution in [0.25, 0.3) is 0 Å². The molecular formula is C14H24N2O3S. The fourth-order valence-corrected chi connectivity index (χ4v) is 3.78. The zero-order valence-corrected chi connectivity index (χ0v) is 13.2. The maximum absolute atomic E-state index is 12.5. The predicted octanol–water partition coefficient (Wildman–Crippen LogP) is 2.34. The first-order valence-corrected chi connectivity index (χ1v) is 8.73. The van der Waals surface area contributed by atoms with E-state index in [1.54, 1.807) is 12.1 Å². The highest BCUT2D eigenvalue weighted by atomic mass is 32.2. The van der Waals surface area contributed by atoms with Crippen molar-refractivity contribution in [2.24, 2.45) is 0 Å². The standard InChI is InChI=1S/C14H24N2O3S/c1-4-9-16(11(2)3)20(17,18)14-8-7-13(19-14)10-15-12-5-6-12/h7-8,11-12,15H,4-6,9-10H2,1-3H3. The summed E-state index contributed by atoms with van der Waals surface area (Å²) < 4.78 is 32.1. The topological polar surface area (TPSA) is 62.6 Å². The summed E-state index contributed by atoms with van der Waals surface area (Å²) in [7, 11) is -3.53. The number of hydrogen-bond acceptors (Lipinski definition) is 4. The average molecular weight is 300 g/mol. The molecule has 0 saturated heterocycles. The van der Waals surface area contributed by atoms with Crippen molar-refractivity contribution in [3.05, 3.63) is 17.9 Å². The third kappa shape index (κ3) is 3.62. The molecule has 5 nitrogen and oxygen atoms in total. The summed E-state index contributed by atoms with van der Waals surface area (Å²) in [5.74, 6) is 0.677. The molecule has 2 rings (SSSR count). The summed E-state index contributed by atoms with van der Waals surface area (Å²) >= 11 is 0. The lowest BCUT2D eigenvalue weighted by molar-refractivity contribution is 0.329. The van der Waals surface area contributed by atoms with Crippen LogP contribution in [0.3, 0.4) is 0 Å². The second kappa shape index (κ2) is 6.28. The third-order valence-electron chi connectivity index (χ3n) is 3.36. The van der Waals surface area contributed by atoms with Crippen molar-refractivity contribution < 1.29 is 12.8 Å². The van der Waals surface area contributed by atoms with Crippen LogP contribution in [0, 0.1) is 0 Å². The molecule has 20 heavy (non-hydrogen) atoms. The van der Waals surface area contributed by atoms with Gasteiger partial charge in [-0.1, -0.05) is 6.92 Å². The molecule has 0 amide bonds. The van der Waals surface area contributed by atoms with Gasteiger partial charge in [0.2, 0.25) is 5.09 Å². The Balaban J connectivity index is 2.10. The number of hydrogen-bond donors (Lipinski definition) is 1. The molecule has 1 aromatic heterocycles. The molecule has 0 aromatic carbocycles. The molecule has 1 saturated carbocycles. The van der Waals surface area contributed by atoms with Gasteiger partial charge in [-0.15, -0.1) is 0 Å². The number of rotatable bonds is 8. The molecule has 114 valence electrons.